The Balaban J connectivity index is 2.44. The molecule has 0 aromatic heterocycles. The Labute approximate surface area is 79.0 Å². The first kappa shape index (κ1) is 10.3. The fraction of sp³-hybridized carbons (Fsp3) is 0.700. The number of nitrogens with zero attached hydrogens (tertiary/aromatic N) is 1. The van der Waals surface area contributed by atoms with Crippen LogP contribution in [0.4, 0.5) is 0 Å². The number of likely N-dealkylation sites (tertiary alicyclic amines) is 1. The molecule has 0 radical (unpaired) electrons. The van der Waals surface area contributed by atoms with Crippen LogP contribution in [-0.4, -0.2) is 35.1 Å². The topological polar surface area (TPSA) is 40.5 Å². The largest absolute Gasteiger partial charge is 0.481 e. The number of hydrogen-bond donors (Lipinski definition) is 1. The van der Waals surface area contributed by atoms with Crippen molar-refractivity contribution in [2.45, 2.75) is 25.8 Å². The van der Waals surface area contributed by atoms with E-state index < -0.39 is 5.97 Å². The molecule has 3 heteroatoms. The summed E-state index contributed by atoms with van der Waals surface area (Å²) in [7, 11) is 0. The van der Waals surface area contributed by atoms with E-state index in [4.69, 9.17) is 5.11 Å². The van der Waals surface area contributed by atoms with Crippen molar-refractivity contribution in [2.24, 2.45) is 5.92 Å². The minimum atomic E-state index is -0.659. The zero-order valence-corrected chi connectivity index (χ0v) is 8.07. The van der Waals surface area contributed by atoms with Gasteiger partial charge in [-0.2, -0.15) is 0 Å². The SMILES string of the molecule is C=CCCN1CCC(C(=O)O)C1C. The molecule has 0 saturated carbocycles. The van der Waals surface area contributed by atoms with Crippen molar-refractivity contribution in [3.63, 3.8) is 0 Å². The number of hydrogen-bond acceptors (Lipinski definition) is 2. The smallest absolute Gasteiger partial charge is 0.308 e. The minimum absolute atomic E-state index is 0.176. The first-order valence-electron chi connectivity index (χ1n) is 4.74. The number of carboxylic acids is 1. The third-order valence-corrected chi connectivity index (χ3v) is 2.82. The molecule has 0 aromatic rings. The maximum absolute atomic E-state index is 10.8. The van der Waals surface area contributed by atoms with Crippen LogP contribution in [0.3, 0.4) is 0 Å². The molecule has 1 saturated heterocycles. The van der Waals surface area contributed by atoms with E-state index in [1.165, 1.54) is 0 Å². The standard InChI is InChI=1S/C10H17NO2/c1-3-4-6-11-7-5-9(8(11)2)10(12)13/h3,8-9H,1,4-7H2,2H3,(H,12,13). The molecule has 1 aliphatic heterocycles. The van der Waals surface area contributed by atoms with Crippen LogP contribution in [-0.2, 0) is 4.79 Å². The van der Waals surface area contributed by atoms with Gasteiger partial charge in [0.15, 0.2) is 0 Å². The third-order valence-electron chi connectivity index (χ3n) is 2.82. The van der Waals surface area contributed by atoms with Gasteiger partial charge >= 0.3 is 5.97 Å². The highest BCUT2D eigenvalue weighted by atomic mass is 16.4. The molecule has 2 unspecified atom stereocenters. The number of rotatable bonds is 4. The van der Waals surface area contributed by atoms with Crippen LogP contribution >= 0.6 is 0 Å². The minimum Gasteiger partial charge on any atom is -0.481 e. The molecule has 1 heterocycles. The van der Waals surface area contributed by atoms with Crippen molar-refractivity contribution in [2.75, 3.05) is 13.1 Å². The summed E-state index contributed by atoms with van der Waals surface area (Å²) in [4.78, 5) is 13.0. The van der Waals surface area contributed by atoms with E-state index in [-0.39, 0.29) is 12.0 Å². The molecule has 0 aliphatic carbocycles. The Morgan fingerprint density at radius 3 is 2.92 bits per heavy atom. The molecular formula is C10H17NO2. The summed E-state index contributed by atoms with van der Waals surface area (Å²) >= 11 is 0. The molecule has 1 rings (SSSR count). The lowest BCUT2D eigenvalue weighted by atomic mass is 10.0. The van der Waals surface area contributed by atoms with Crippen molar-refractivity contribution < 1.29 is 9.90 Å². The summed E-state index contributed by atoms with van der Waals surface area (Å²) in [6, 6.07) is 0.178. The first-order chi connectivity index (χ1) is 6.16. The van der Waals surface area contributed by atoms with Crippen LogP contribution in [0.2, 0.25) is 0 Å². The molecule has 1 aliphatic rings. The third kappa shape index (κ3) is 2.31. The van der Waals surface area contributed by atoms with Crippen LogP contribution in [0.1, 0.15) is 19.8 Å². The maximum Gasteiger partial charge on any atom is 0.308 e. The van der Waals surface area contributed by atoms with E-state index in [1.807, 2.05) is 13.0 Å². The second kappa shape index (κ2) is 4.42. The summed E-state index contributed by atoms with van der Waals surface area (Å²) < 4.78 is 0. The second-order valence-corrected chi connectivity index (χ2v) is 3.59. The van der Waals surface area contributed by atoms with Crippen LogP contribution in [0, 0.1) is 5.92 Å². The summed E-state index contributed by atoms with van der Waals surface area (Å²) in [5, 5.41) is 8.88. The van der Waals surface area contributed by atoms with Crippen LogP contribution in [0.5, 0.6) is 0 Å². The van der Waals surface area contributed by atoms with Gasteiger partial charge in [0, 0.05) is 12.6 Å². The molecule has 0 spiro atoms. The number of aliphatic carboxylic acids is 1. The van der Waals surface area contributed by atoms with Gasteiger partial charge in [0.05, 0.1) is 5.92 Å². The second-order valence-electron chi connectivity index (χ2n) is 3.59. The number of carbonyl (C=O) groups is 1. The van der Waals surface area contributed by atoms with Gasteiger partial charge in [-0.1, -0.05) is 6.08 Å². The lowest BCUT2D eigenvalue weighted by Gasteiger charge is -2.21. The predicted octanol–water partition coefficient (Wildman–Crippen LogP) is 1.36. The van der Waals surface area contributed by atoms with E-state index in [9.17, 15) is 4.79 Å². The van der Waals surface area contributed by atoms with Gasteiger partial charge in [-0.25, -0.2) is 0 Å². The highest BCUT2D eigenvalue weighted by molar-refractivity contribution is 5.71. The molecular weight excluding hydrogens is 166 g/mol. The van der Waals surface area contributed by atoms with Crippen molar-refractivity contribution in [1.82, 2.24) is 4.90 Å². The molecule has 74 valence electrons. The fourth-order valence-corrected chi connectivity index (χ4v) is 1.91. The highest BCUT2D eigenvalue weighted by Crippen LogP contribution is 2.24. The summed E-state index contributed by atoms with van der Waals surface area (Å²) in [5.74, 6) is -0.835. The highest BCUT2D eigenvalue weighted by Gasteiger charge is 2.34. The van der Waals surface area contributed by atoms with Gasteiger partial charge in [0.25, 0.3) is 0 Å². The lowest BCUT2D eigenvalue weighted by molar-refractivity contribution is -0.142. The number of carboxylic acid groups (broad SMARTS) is 1. The molecule has 0 bridgehead atoms. The van der Waals surface area contributed by atoms with E-state index in [1.54, 1.807) is 0 Å². The van der Waals surface area contributed by atoms with Crippen molar-refractivity contribution in [3.05, 3.63) is 12.7 Å². The quantitative estimate of drug-likeness (QED) is 0.669. The van der Waals surface area contributed by atoms with Gasteiger partial charge in [-0.05, 0) is 26.3 Å². The first-order valence-corrected chi connectivity index (χ1v) is 4.74. The van der Waals surface area contributed by atoms with E-state index in [0.717, 1.165) is 25.9 Å². The van der Waals surface area contributed by atoms with Gasteiger partial charge in [-0.15, -0.1) is 6.58 Å². The molecule has 1 fully saturated rings. The van der Waals surface area contributed by atoms with Gasteiger partial charge in [-0.3, -0.25) is 9.69 Å². The van der Waals surface area contributed by atoms with Gasteiger partial charge < -0.3 is 5.11 Å². The average Bonchev–Trinajstić information content (AvgIpc) is 2.43. The predicted molar refractivity (Wildman–Crippen MR) is 51.6 cm³/mol. The lowest BCUT2D eigenvalue weighted by Crippen LogP contribution is -2.33. The molecule has 2 atom stereocenters. The van der Waals surface area contributed by atoms with E-state index >= 15 is 0 Å². The molecule has 3 nitrogen and oxygen atoms in total. The molecule has 0 amide bonds. The van der Waals surface area contributed by atoms with Gasteiger partial charge in [0.2, 0.25) is 0 Å². The summed E-state index contributed by atoms with van der Waals surface area (Å²) in [6.45, 7) is 7.50. The zero-order valence-electron chi connectivity index (χ0n) is 8.07. The average molecular weight is 183 g/mol. The Kier molecular flexibility index (Phi) is 3.48. The zero-order chi connectivity index (χ0) is 9.84. The normalized spacial score (nSPS) is 29.0. The van der Waals surface area contributed by atoms with Crippen LogP contribution < -0.4 is 0 Å². The fourth-order valence-electron chi connectivity index (χ4n) is 1.91. The Morgan fingerprint density at radius 2 is 2.46 bits per heavy atom. The van der Waals surface area contributed by atoms with Gasteiger partial charge in [0.1, 0.15) is 0 Å². The van der Waals surface area contributed by atoms with Crippen LogP contribution in [0.15, 0.2) is 12.7 Å². The Morgan fingerprint density at radius 1 is 1.77 bits per heavy atom. The maximum atomic E-state index is 10.8. The van der Waals surface area contributed by atoms with Crippen molar-refractivity contribution in [3.8, 4) is 0 Å². The summed E-state index contributed by atoms with van der Waals surface area (Å²) in [5.41, 5.74) is 0. The van der Waals surface area contributed by atoms with Crippen molar-refractivity contribution >= 4 is 5.97 Å². The van der Waals surface area contributed by atoms with Crippen LogP contribution in [0.25, 0.3) is 0 Å². The monoisotopic (exact) mass is 183 g/mol. The molecule has 13 heavy (non-hydrogen) atoms. The molecule has 0 aromatic carbocycles. The van der Waals surface area contributed by atoms with E-state index in [0.29, 0.717) is 0 Å². The van der Waals surface area contributed by atoms with Crippen molar-refractivity contribution in [1.29, 1.82) is 0 Å². The molecule has 1 N–H and O–H groups in total. The Bertz CT molecular complexity index is 203. The summed E-state index contributed by atoms with van der Waals surface area (Å²) in [6.07, 6.45) is 3.60. The van der Waals surface area contributed by atoms with E-state index in [2.05, 4.69) is 11.5 Å². The Hall–Kier alpha value is -0.830.